The number of rotatable bonds is 5. The molecule has 1 fully saturated rings. The summed E-state index contributed by atoms with van der Waals surface area (Å²) in [6.45, 7) is 2.16. The van der Waals surface area contributed by atoms with Crippen LogP contribution < -0.4 is 5.32 Å². The van der Waals surface area contributed by atoms with Gasteiger partial charge in [-0.1, -0.05) is 6.07 Å². The van der Waals surface area contributed by atoms with Crippen molar-refractivity contribution in [1.82, 2.24) is 9.88 Å². The standard InChI is InChI=1S/C12H19N3/c1-13-12-5-3-4-11(14-12)9-15(2)8-10-6-7-10/h3-5,10H,6-9H2,1-2H3,(H,13,14). The molecule has 3 heteroatoms. The van der Waals surface area contributed by atoms with Gasteiger partial charge in [-0.05, 0) is 37.9 Å². The molecule has 1 aromatic rings. The van der Waals surface area contributed by atoms with E-state index in [0.717, 1.165) is 24.0 Å². The predicted molar refractivity (Wildman–Crippen MR) is 62.8 cm³/mol. The van der Waals surface area contributed by atoms with Crippen molar-refractivity contribution in [3.63, 3.8) is 0 Å². The lowest BCUT2D eigenvalue weighted by Gasteiger charge is -2.15. The molecule has 0 aromatic carbocycles. The Kier molecular flexibility index (Phi) is 3.21. The summed E-state index contributed by atoms with van der Waals surface area (Å²) >= 11 is 0. The lowest BCUT2D eigenvalue weighted by Crippen LogP contribution is -2.21. The summed E-state index contributed by atoms with van der Waals surface area (Å²) in [5.41, 5.74) is 1.14. The average Bonchev–Trinajstić information content (AvgIpc) is 3.02. The summed E-state index contributed by atoms with van der Waals surface area (Å²) in [7, 11) is 4.08. The minimum Gasteiger partial charge on any atom is -0.373 e. The second-order valence-electron chi connectivity index (χ2n) is 4.40. The van der Waals surface area contributed by atoms with E-state index in [9.17, 15) is 0 Å². The van der Waals surface area contributed by atoms with Crippen LogP contribution in [0.1, 0.15) is 18.5 Å². The molecular weight excluding hydrogens is 186 g/mol. The van der Waals surface area contributed by atoms with Gasteiger partial charge in [-0.15, -0.1) is 0 Å². The summed E-state index contributed by atoms with van der Waals surface area (Å²) in [5.74, 6) is 1.90. The summed E-state index contributed by atoms with van der Waals surface area (Å²) in [5, 5.41) is 3.06. The number of anilines is 1. The first-order valence-corrected chi connectivity index (χ1v) is 5.60. The van der Waals surface area contributed by atoms with Crippen LogP contribution in [0.5, 0.6) is 0 Å². The fourth-order valence-corrected chi connectivity index (χ4v) is 1.79. The van der Waals surface area contributed by atoms with Crippen LogP contribution in [0.3, 0.4) is 0 Å². The van der Waals surface area contributed by atoms with E-state index < -0.39 is 0 Å². The van der Waals surface area contributed by atoms with Gasteiger partial charge in [0.2, 0.25) is 0 Å². The smallest absolute Gasteiger partial charge is 0.126 e. The van der Waals surface area contributed by atoms with Crippen LogP contribution in [-0.2, 0) is 6.54 Å². The molecule has 15 heavy (non-hydrogen) atoms. The fourth-order valence-electron chi connectivity index (χ4n) is 1.79. The number of pyridine rings is 1. The predicted octanol–water partition coefficient (Wildman–Crippen LogP) is 1.97. The van der Waals surface area contributed by atoms with Crippen molar-refractivity contribution >= 4 is 5.82 Å². The van der Waals surface area contributed by atoms with Gasteiger partial charge in [0.25, 0.3) is 0 Å². The van der Waals surface area contributed by atoms with Crippen LogP contribution in [-0.4, -0.2) is 30.5 Å². The highest BCUT2D eigenvalue weighted by Crippen LogP contribution is 2.29. The average molecular weight is 205 g/mol. The van der Waals surface area contributed by atoms with Gasteiger partial charge in [0.15, 0.2) is 0 Å². The van der Waals surface area contributed by atoms with E-state index in [2.05, 4.69) is 34.4 Å². The molecule has 0 amide bonds. The van der Waals surface area contributed by atoms with Crippen LogP contribution in [0.25, 0.3) is 0 Å². The lowest BCUT2D eigenvalue weighted by molar-refractivity contribution is 0.309. The first-order chi connectivity index (χ1) is 7.28. The summed E-state index contributed by atoms with van der Waals surface area (Å²) in [4.78, 5) is 6.87. The Bertz CT molecular complexity index is 320. The third-order valence-electron chi connectivity index (χ3n) is 2.76. The van der Waals surface area contributed by atoms with Gasteiger partial charge in [0.1, 0.15) is 5.82 Å². The molecule has 0 unspecified atom stereocenters. The van der Waals surface area contributed by atoms with Crippen molar-refractivity contribution in [3.05, 3.63) is 23.9 Å². The molecule has 1 aromatic heterocycles. The quantitative estimate of drug-likeness (QED) is 0.796. The molecule has 82 valence electrons. The van der Waals surface area contributed by atoms with E-state index in [0.29, 0.717) is 0 Å². The van der Waals surface area contributed by atoms with E-state index >= 15 is 0 Å². The van der Waals surface area contributed by atoms with Crippen LogP contribution in [0.15, 0.2) is 18.2 Å². The third-order valence-corrected chi connectivity index (χ3v) is 2.76. The largest absolute Gasteiger partial charge is 0.373 e. The van der Waals surface area contributed by atoms with Crippen molar-refractivity contribution in [2.24, 2.45) is 5.92 Å². The molecule has 0 aliphatic heterocycles. The molecule has 0 saturated heterocycles. The van der Waals surface area contributed by atoms with Crippen LogP contribution >= 0.6 is 0 Å². The Morgan fingerprint density at radius 2 is 2.27 bits per heavy atom. The van der Waals surface area contributed by atoms with E-state index in [4.69, 9.17) is 0 Å². The molecule has 1 aliphatic rings. The number of hydrogen-bond donors (Lipinski definition) is 1. The molecular formula is C12H19N3. The van der Waals surface area contributed by atoms with Crippen molar-refractivity contribution in [1.29, 1.82) is 0 Å². The van der Waals surface area contributed by atoms with Crippen molar-refractivity contribution in [2.45, 2.75) is 19.4 Å². The molecule has 0 bridgehead atoms. The number of nitrogens with one attached hydrogen (secondary N) is 1. The van der Waals surface area contributed by atoms with E-state index in [1.54, 1.807) is 0 Å². The van der Waals surface area contributed by atoms with E-state index in [1.807, 2.05) is 13.1 Å². The number of nitrogens with zero attached hydrogens (tertiary/aromatic N) is 2. The van der Waals surface area contributed by atoms with Crippen molar-refractivity contribution < 1.29 is 0 Å². The lowest BCUT2D eigenvalue weighted by atomic mass is 10.3. The van der Waals surface area contributed by atoms with Gasteiger partial charge in [-0.25, -0.2) is 4.98 Å². The summed E-state index contributed by atoms with van der Waals surface area (Å²) < 4.78 is 0. The Labute approximate surface area is 91.5 Å². The highest BCUT2D eigenvalue weighted by atomic mass is 15.1. The van der Waals surface area contributed by atoms with Crippen molar-refractivity contribution in [3.8, 4) is 0 Å². The normalized spacial score (nSPS) is 15.7. The SMILES string of the molecule is CNc1cccc(CN(C)CC2CC2)n1. The fraction of sp³-hybridized carbons (Fsp3) is 0.583. The zero-order valence-electron chi connectivity index (χ0n) is 9.53. The Hall–Kier alpha value is -1.09. The van der Waals surface area contributed by atoms with Crippen LogP contribution in [0.4, 0.5) is 5.82 Å². The highest BCUT2D eigenvalue weighted by Gasteiger charge is 2.22. The summed E-state index contributed by atoms with van der Waals surface area (Å²) in [6, 6.07) is 6.13. The molecule has 0 atom stereocenters. The van der Waals surface area contributed by atoms with Gasteiger partial charge < -0.3 is 10.2 Å². The topological polar surface area (TPSA) is 28.2 Å². The second-order valence-corrected chi connectivity index (χ2v) is 4.40. The first kappa shape index (κ1) is 10.4. The Balaban J connectivity index is 1.90. The molecule has 0 spiro atoms. The molecule has 2 rings (SSSR count). The van der Waals surface area contributed by atoms with Gasteiger partial charge >= 0.3 is 0 Å². The van der Waals surface area contributed by atoms with Gasteiger partial charge in [0.05, 0.1) is 5.69 Å². The van der Waals surface area contributed by atoms with Crippen LogP contribution in [0, 0.1) is 5.92 Å². The van der Waals surface area contributed by atoms with Gasteiger partial charge in [0, 0.05) is 20.1 Å². The zero-order chi connectivity index (χ0) is 10.7. The zero-order valence-corrected chi connectivity index (χ0v) is 9.53. The molecule has 1 N–H and O–H groups in total. The number of hydrogen-bond acceptors (Lipinski definition) is 3. The first-order valence-electron chi connectivity index (χ1n) is 5.60. The van der Waals surface area contributed by atoms with Gasteiger partial charge in [-0.3, -0.25) is 0 Å². The Morgan fingerprint density at radius 1 is 1.47 bits per heavy atom. The molecule has 1 aliphatic carbocycles. The minimum absolute atomic E-state index is 0.947. The highest BCUT2D eigenvalue weighted by molar-refractivity contribution is 5.34. The molecule has 3 nitrogen and oxygen atoms in total. The second kappa shape index (κ2) is 4.62. The Morgan fingerprint density at radius 3 is 2.93 bits per heavy atom. The maximum absolute atomic E-state index is 4.51. The monoisotopic (exact) mass is 205 g/mol. The maximum Gasteiger partial charge on any atom is 0.126 e. The van der Waals surface area contributed by atoms with E-state index in [-0.39, 0.29) is 0 Å². The molecule has 1 heterocycles. The summed E-state index contributed by atoms with van der Waals surface area (Å²) in [6.07, 6.45) is 2.82. The molecule has 0 radical (unpaired) electrons. The van der Waals surface area contributed by atoms with Crippen molar-refractivity contribution in [2.75, 3.05) is 26.0 Å². The maximum atomic E-state index is 4.51. The van der Waals surface area contributed by atoms with E-state index in [1.165, 1.54) is 19.4 Å². The molecule has 1 saturated carbocycles. The number of aromatic nitrogens is 1. The minimum atomic E-state index is 0.947. The van der Waals surface area contributed by atoms with Gasteiger partial charge in [-0.2, -0.15) is 0 Å². The third kappa shape index (κ3) is 3.20. The van der Waals surface area contributed by atoms with Crippen LogP contribution in [0.2, 0.25) is 0 Å².